The van der Waals surface area contributed by atoms with Crippen LogP contribution in [0, 0.1) is 11.3 Å². The lowest BCUT2D eigenvalue weighted by molar-refractivity contribution is 0.415. The quantitative estimate of drug-likeness (QED) is 0.394. The molecule has 2 aromatic rings. The molecule has 0 fully saturated rings. The van der Waals surface area contributed by atoms with E-state index in [-0.39, 0.29) is 5.84 Å². The highest BCUT2D eigenvalue weighted by Crippen LogP contribution is 2.18. The van der Waals surface area contributed by atoms with Gasteiger partial charge in [-0.25, -0.2) is 0 Å². The second-order valence-electron chi connectivity index (χ2n) is 4.29. The van der Waals surface area contributed by atoms with Crippen LogP contribution in [-0.4, -0.2) is 20.1 Å². The number of rotatable bonds is 5. The Morgan fingerprint density at radius 3 is 2.04 bits per heavy atom. The molecule has 0 bridgehead atoms. The minimum atomic E-state index is -0.0864. The van der Waals surface area contributed by atoms with E-state index in [0.717, 1.165) is 11.5 Å². The molecule has 0 aliphatic carbocycles. The minimum Gasteiger partial charge on any atom is -0.497 e. The van der Waals surface area contributed by atoms with Gasteiger partial charge in [-0.1, -0.05) is 0 Å². The first-order chi connectivity index (χ1) is 11.2. The summed E-state index contributed by atoms with van der Waals surface area (Å²) in [7, 11) is 3.18. The summed E-state index contributed by atoms with van der Waals surface area (Å²) in [4.78, 5) is 0. The molecule has 0 aromatic heterocycles. The molecule has 0 saturated heterocycles. The first-order valence-corrected chi connectivity index (χ1v) is 6.69. The van der Waals surface area contributed by atoms with E-state index < -0.39 is 0 Å². The molecule has 0 heterocycles. The van der Waals surface area contributed by atoms with Crippen LogP contribution in [0.1, 0.15) is 0 Å². The van der Waals surface area contributed by atoms with E-state index in [0.29, 0.717) is 11.4 Å². The van der Waals surface area contributed by atoms with Crippen molar-refractivity contribution >= 4 is 17.2 Å². The SMILES string of the molecule is COc1ccc(N=N/C(C#N)=N/Nc2ccc(OC)cc2)cc1. The average Bonchev–Trinajstić information content (AvgIpc) is 2.62. The Morgan fingerprint density at radius 2 is 1.52 bits per heavy atom. The summed E-state index contributed by atoms with van der Waals surface area (Å²) < 4.78 is 10.1. The van der Waals surface area contributed by atoms with Crippen molar-refractivity contribution in [3.8, 4) is 17.6 Å². The molecule has 0 unspecified atom stereocenters. The predicted molar refractivity (Wildman–Crippen MR) is 87.2 cm³/mol. The second kappa shape index (κ2) is 8.14. The molecule has 116 valence electrons. The first kappa shape index (κ1) is 16.0. The normalized spacial score (nSPS) is 11.1. The molecule has 7 nitrogen and oxygen atoms in total. The van der Waals surface area contributed by atoms with Gasteiger partial charge in [-0.05, 0) is 48.5 Å². The maximum absolute atomic E-state index is 9.03. The van der Waals surface area contributed by atoms with Crippen LogP contribution < -0.4 is 14.9 Å². The Kier molecular flexibility index (Phi) is 5.66. The number of amidine groups is 1. The van der Waals surface area contributed by atoms with Crippen LogP contribution >= 0.6 is 0 Å². The Labute approximate surface area is 133 Å². The molecule has 0 amide bonds. The smallest absolute Gasteiger partial charge is 0.270 e. The number of hydrazone groups is 1. The highest BCUT2D eigenvalue weighted by Gasteiger charge is 1.97. The van der Waals surface area contributed by atoms with Gasteiger partial charge >= 0.3 is 0 Å². The number of anilines is 1. The lowest BCUT2D eigenvalue weighted by atomic mass is 10.3. The molecule has 0 spiro atoms. The van der Waals surface area contributed by atoms with Crippen LogP contribution in [-0.2, 0) is 0 Å². The van der Waals surface area contributed by atoms with Gasteiger partial charge in [0, 0.05) is 0 Å². The molecular formula is C16H15N5O2. The maximum atomic E-state index is 9.03. The number of hydrogen-bond acceptors (Lipinski definition) is 6. The predicted octanol–water partition coefficient (Wildman–Crippen LogP) is 3.74. The van der Waals surface area contributed by atoms with Crippen molar-refractivity contribution in [3.05, 3.63) is 48.5 Å². The number of nitrogens with one attached hydrogen (secondary N) is 1. The Hall–Kier alpha value is -3.40. The van der Waals surface area contributed by atoms with Crippen molar-refractivity contribution in [2.75, 3.05) is 19.6 Å². The van der Waals surface area contributed by atoms with Gasteiger partial charge < -0.3 is 9.47 Å². The van der Waals surface area contributed by atoms with E-state index in [2.05, 4.69) is 20.8 Å². The minimum absolute atomic E-state index is 0.0864. The number of nitrogens with zero attached hydrogens (tertiary/aromatic N) is 4. The van der Waals surface area contributed by atoms with Gasteiger partial charge in [-0.3, -0.25) is 5.43 Å². The van der Waals surface area contributed by atoms with Crippen molar-refractivity contribution < 1.29 is 9.47 Å². The van der Waals surface area contributed by atoms with Gasteiger partial charge in [0.2, 0.25) is 0 Å². The summed E-state index contributed by atoms with van der Waals surface area (Å²) in [6.45, 7) is 0. The van der Waals surface area contributed by atoms with Crippen LogP contribution in [0.4, 0.5) is 11.4 Å². The fraction of sp³-hybridized carbons (Fsp3) is 0.125. The number of benzene rings is 2. The topological polar surface area (TPSA) is 91.4 Å². The van der Waals surface area contributed by atoms with E-state index in [1.165, 1.54) is 0 Å². The van der Waals surface area contributed by atoms with Crippen molar-refractivity contribution in [2.24, 2.45) is 15.3 Å². The highest BCUT2D eigenvalue weighted by molar-refractivity contribution is 5.97. The average molecular weight is 309 g/mol. The van der Waals surface area contributed by atoms with Crippen molar-refractivity contribution in [1.82, 2.24) is 0 Å². The van der Waals surface area contributed by atoms with Crippen LogP contribution in [0.2, 0.25) is 0 Å². The fourth-order valence-corrected chi connectivity index (χ4v) is 1.61. The molecule has 0 aliphatic rings. The second-order valence-corrected chi connectivity index (χ2v) is 4.29. The summed E-state index contributed by atoms with van der Waals surface area (Å²) in [5, 5.41) is 20.7. The molecular weight excluding hydrogens is 294 g/mol. The van der Waals surface area contributed by atoms with Gasteiger partial charge in [0.25, 0.3) is 5.84 Å². The molecule has 0 aliphatic heterocycles. The van der Waals surface area contributed by atoms with Crippen molar-refractivity contribution in [2.45, 2.75) is 0 Å². The van der Waals surface area contributed by atoms with E-state index in [9.17, 15) is 0 Å². The molecule has 23 heavy (non-hydrogen) atoms. The van der Waals surface area contributed by atoms with E-state index in [1.54, 1.807) is 62.8 Å². The van der Waals surface area contributed by atoms with Crippen LogP contribution in [0.3, 0.4) is 0 Å². The zero-order valence-electron chi connectivity index (χ0n) is 12.7. The third-order valence-corrected chi connectivity index (χ3v) is 2.81. The molecule has 0 saturated carbocycles. The van der Waals surface area contributed by atoms with Crippen LogP contribution in [0.15, 0.2) is 63.9 Å². The largest absolute Gasteiger partial charge is 0.497 e. The monoisotopic (exact) mass is 309 g/mol. The summed E-state index contributed by atoms with van der Waals surface area (Å²) in [5.41, 5.74) is 4.04. The van der Waals surface area contributed by atoms with Crippen molar-refractivity contribution in [1.29, 1.82) is 5.26 Å². The summed E-state index contributed by atoms with van der Waals surface area (Å²) in [5.74, 6) is 1.37. The number of ether oxygens (including phenoxy) is 2. The maximum Gasteiger partial charge on any atom is 0.270 e. The van der Waals surface area contributed by atoms with Gasteiger partial charge in [-0.2, -0.15) is 5.26 Å². The Balaban J connectivity index is 2.02. The lowest BCUT2D eigenvalue weighted by Gasteiger charge is -2.02. The van der Waals surface area contributed by atoms with Crippen molar-refractivity contribution in [3.63, 3.8) is 0 Å². The number of nitriles is 1. The van der Waals surface area contributed by atoms with Gasteiger partial charge in [-0.15, -0.1) is 15.3 Å². The van der Waals surface area contributed by atoms with Crippen LogP contribution in [0.5, 0.6) is 11.5 Å². The number of methoxy groups -OCH3 is 2. The molecule has 0 radical (unpaired) electrons. The van der Waals surface area contributed by atoms with Gasteiger partial charge in [0.1, 0.15) is 17.6 Å². The third-order valence-electron chi connectivity index (χ3n) is 2.81. The Morgan fingerprint density at radius 1 is 0.957 bits per heavy atom. The van der Waals surface area contributed by atoms with E-state index in [4.69, 9.17) is 14.7 Å². The molecule has 2 aromatic carbocycles. The van der Waals surface area contributed by atoms with Gasteiger partial charge in [0.15, 0.2) is 0 Å². The third kappa shape index (κ3) is 4.82. The zero-order chi connectivity index (χ0) is 16.5. The summed E-state index contributed by atoms with van der Waals surface area (Å²) in [6.07, 6.45) is 0. The standard InChI is InChI=1S/C16H15N5O2/c1-22-14-7-3-12(4-8-14)18-20-16(11-17)21-19-13-5-9-15(23-2)10-6-13/h3-10,18H,1-2H3/b20-16+,21-19?. The van der Waals surface area contributed by atoms with Crippen LogP contribution in [0.25, 0.3) is 0 Å². The Bertz CT molecular complexity index is 731. The zero-order valence-corrected chi connectivity index (χ0v) is 12.7. The highest BCUT2D eigenvalue weighted by atomic mass is 16.5. The number of hydrogen-bond donors (Lipinski definition) is 1. The molecule has 0 atom stereocenters. The molecule has 7 heteroatoms. The molecule has 1 N–H and O–H groups in total. The van der Waals surface area contributed by atoms with E-state index in [1.807, 2.05) is 6.07 Å². The first-order valence-electron chi connectivity index (χ1n) is 6.69. The van der Waals surface area contributed by atoms with E-state index >= 15 is 0 Å². The van der Waals surface area contributed by atoms with Gasteiger partial charge in [0.05, 0.1) is 25.6 Å². The summed E-state index contributed by atoms with van der Waals surface area (Å²) >= 11 is 0. The molecule has 2 rings (SSSR count). The lowest BCUT2D eigenvalue weighted by Crippen LogP contribution is -1.95. The fourth-order valence-electron chi connectivity index (χ4n) is 1.61. The number of azo groups is 1. The summed E-state index contributed by atoms with van der Waals surface area (Å²) in [6, 6.07) is 16.0.